The first-order chi connectivity index (χ1) is 15.0. The highest BCUT2D eigenvalue weighted by Gasteiger charge is 2.34. The second-order valence-electron chi connectivity index (χ2n) is 7.30. The van der Waals surface area contributed by atoms with E-state index in [-0.39, 0.29) is 5.91 Å². The van der Waals surface area contributed by atoms with Crippen LogP contribution in [0.4, 0.5) is 5.69 Å². The molecule has 0 radical (unpaired) electrons. The molecule has 0 aliphatic carbocycles. The van der Waals surface area contributed by atoms with Gasteiger partial charge in [0.25, 0.3) is 5.91 Å². The maximum atomic E-state index is 14.0. The number of carbonyl (C=O) groups excluding carboxylic acids is 1. The van der Waals surface area contributed by atoms with Crippen LogP contribution in [0.1, 0.15) is 27.7 Å². The summed E-state index contributed by atoms with van der Waals surface area (Å²) in [5, 5.41) is 0.914. The molecule has 31 heavy (non-hydrogen) atoms. The van der Waals surface area contributed by atoms with Gasteiger partial charge in [-0.25, -0.2) is 0 Å². The second-order valence-corrected chi connectivity index (χ2v) is 8.17. The van der Waals surface area contributed by atoms with Crippen LogP contribution in [-0.2, 0) is 4.74 Å². The van der Waals surface area contributed by atoms with Crippen LogP contribution in [0.5, 0.6) is 0 Å². The first-order valence-electron chi connectivity index (χ1n) is 9.96. The van der Waals surface area contributed by atoms with E-state index < -0.39 is 6.17 Å². The summed E-state index contributed by atoms with van der Waals surface area (Å²) in [7, 11) is 0. The average Bonchev–Trinajstić information content (AvgIpc) is 2.78. The molecule has 0 saturated carbocycles. The Kier molecular flexibility index (Phi) is 6.83. The van der Waals surface area contributed by atoms with Crippen LogP contribution >= 0.6 is 23.2 Å². The third kappa shape index (κ3) is 4.88. The van der Waals surface area contributed by atoms with Crippen LogP contribution in [0.2, 0.25) is 10.0 Å². The van der Waals surface area contributed by atoms with E-state index >= 15 is 0 Å². The molecule has 6 nitrogen and oxygen atoms in total. The Morgan fingerprint density at radius 1 is 1.06 bits per heavy atom. The molecular weight excluding hydrogens is 435 g/mol. The van der Waals surface area contributed by atoms with E-state index in [9.17, 15) is 4.79 Å². The number of ether oxygens (including phenoxy) is 1. The van der Waals surface area contributed by atoms with Crippen molar-refractivity contribution < 1.29 is 9.53 Å². The van der Waals surface area contributed by atoms with E-state index in [0.29, 0.717) is 47.6 Å². The maximum absolute atomic E-state index is 14.0. The molecule has 160 valence electrons. The minimum Gasteiger partial charge on any atom is -0.379 e. The number of nitrogens with zero attached hydrogens (tertiary/aromatic N) is 4. The molecule has 1 atom stereocenters. The molecule has 1 saturated heterocycles. The Morgan fingerprint density at radius 3 is 2.42 bits per heavy atom. The SMILES string of the molecule is Cc1cnccc1C(=O)N(c1cc(Cl)cc(Cl)c1)C(c1cccnc1)N1CCOCC1. The van der Waals surface area contributed by atoms with Crippen LogP contribution < -0.4 is 4.90 Å². The number of halogens is 2. The van der Waals surface area contributed by atoms with Crippen LogP contribution in [0.25, 0.3) is 0 Å². The average molecular weight is 457 g/mol. The molecule has 8 heteroatoms. The Bertz CT molecular complexity index is 1040. The molecule has 0 bridgehead atoms. The fraction of sp³-hybridized carbons (Fsp3) is 0.261. The molecule has 3 aromatic rings. The molecule has 1 fully saturated rings. The molecule has 0 spiro atoms. The van der Waals surface area contributed by atoms with Gasteiger partial charge in [-0.15, -0.1) is 0 Å². The van der Waals surface area contributed by atoms with E-state index in [0.717, 1.165) is 11.1 Å². The van der Waals surface area contributed by atoms with Gasteiger partial charge in [-0.1, -0.05) is 29.3 Å². The number of hydrogen-bond acceptors (Lipinski definition) is 5. The first-order valence-corrected chi connectivity index (χ1v) is 10.7. The largest absolute Gasteiger partial charge is 0.379 e. The third-order valence-electron chi connectivity index (χ3n) is 5.21. The molecule has 1 aromatic carbocycles. The van der Waals surface area contributed by atoms with Gasteiger partial charge < -0.3 is 4.74 Å². The zero-order chi connectivity index (χ0) is 21.8. The van der Waals surface area contributed by atoms with Gasteiger partial charge in [-0.05, 0) is 42.8 Å². The van der Waals surface area contributed by atoms with Crippen LogP contribution in [-0.4, -0.2) is 47.1 Å². The number of rotatable bonds is 5. The lowest BCUT2D eigenvalue weighted by molar-refractivity contribution is 0.0151. The van der Waals surface area contributed by atoms with Gasteiger partial charge in [0, 0.05) is 64.7 Å². The number of carbonyl (C=O) groups is 1. The molecule has 0 N–H and O–H groups in total. The summed E-state index contributed by atoms with van der Waals surface area (Å²) in [5.41, 5.74) is 2.85. The summed E-state index contributed by atoms with van der Waals surface area (Å²) in [4.78, 5) is 26.4. The summed E-state index contributed by atoms with van der Waals surface area (Å²) >= 11 is 12.7. The minimum atomic E-state index is -0.410. The Balaban J connectivity index is 1.90. The lowest BCUT2D eigenvalue weighted by Crippen LogP contribution is -2.49. The molecule has 2 aromatic heterocycles. The smallest absolute Gasteiger partial charge is 0.260 e. The molecule has 4 rings (SSSR count). The highest BCUT2D eigenvalue weighted by molar-refractivity contribution is 6.35. The molecule has 1 amide bonds. The summed E-state index contributed by atoms with van der Waals surface area (Å²) in [6.07, 6.45) is 6.40. The third-order valence-corrected chi connectivity index (χ3v) is 5.65. The van der Waals surface area contributed by atoms with Gasteiger partial charge in [0.15, 0.2) is 0 Å². The van der Waals surface area contributed by atoms with Crippen molar-refractivity contribution >= 4 is 34.8 Å². The van der Waals surface area contributed by atoms with Crippen molar-refractivity contribution in [1.82, 2.24) is 14.9 Å². The highest BCUT2D eigenvalue weighted by Crippen LogP contribution is 2.35. The number of anilines is 1. The van der Waals surface area contributed by atoms with Crippen molar-refractivity contribution in [1.29, 1.82) is 0 Å². The van der Waals surface area contributed by atoms with Crippen molar-refractivity contribution in [2.75, 3.05) is 31.2 Å². The van der Waals surface area contributed by atoms with E-state index in [1.165, 1.54) is 0 Å². The molecular formula is C23H22Cl2N4O2. The Labute approximate surface area is 191 Å². The fourth-order valence-corrected chi connectivity index (χ4v) is 4.28. The monoisotopic (exact) mass is 456 g/mol. The van der Waals surface area contributed by atoms with E-state index in [1.807, 2.05) is 19.1 Å². The summed E-state index contributed by atoms with van der Waals surface area (Å²) in [5.74, 6) is -0.168. The van der Waals surface area contributed by atoms with Gasteiger partial charge in [-0.2, -0.15) is 0 Å². The summed E-state index contributed by atoms with van der Waals surface area (Å²) in [6, 6.07) is 10.7. The van der Waals surface area contributed by atoms with Gasteiger partial charge in [0.2, 0.25) is 0 Å². The predicted molar refractivity (Wildman–Crippen MR) is 122 cm³/mol. The number of aryl methyl sites for hydroxylation is 1. The van der Waals surface area contributed by atoms with Gasteiger partial charge >= 0.3 is 0 Å². The van der Waals surface area contributed by atoms with Crippen molar-refractivity contribution in [3.05, 3.63) is 87.9 Å². The van der Waals surface area contributed by atoms with E-state index in [4.69, 9.17) is 27.9 Å². The van der Waals surface area contributed by atoms with Crippen LogP contribution in [0.3, 0.4) is 0 Å². The summed E-state index contributed by atoms with van der Waals surface area (Å²) in [6.45, 7) is 4.39. The van der Waals surface area contributed by atoms with Crippen LogP contribution in [0, 0.1) is 6.92 Å². The van der Waals surface area contributed by atoms with Gasteiger partial charge in [0.1, 0.15) is 6.17 Å². The second kappa shape index (κ2) is 9.75. The van der Waals surface area contributed by atoms with Crippen LogP contribution in [0.15, 0.2) is 61.2 Å². The zero-order valence-electron chi connectivity index (χ0n) is 17.0. The standard InChI is InChI=1S/C23H22Cl2N4O2/c1-16-14-27-6-4-21(16)23(30)29(20-12-18(24)11-19(25)13-20)22(17-3-2-5-26-15-17)28-7-9-31-10-8-28/h2-6,11-15,22H,7-10H2,1H3. The van der Waals surface area contributed by atoms with Gasteiger partial charge in [0.05, 0.1) is 13.2 Å². The van der Waals surface area contributed by atoms with Crippen molar-refractivity contribution in [2.45, 2.75) is 13.1 Å². The number of morpholine rings is 1. The summed E-state index contributed by atoms with van der Waals surface area (Å²) < 4.78 is 5.56. The Morgan fingerprint density at radius 2 is 1.77 bits per heavy atom. The Hall–Kier alpha value is -2.51. The zero-order valence-corrected chi connectivity index (χ0v) is 18.6. The number of benzene rings is 1. The number of pyridine rings is 2. The quantitative estimate of drug-likeness (QED) is 0.553. The fourth-order valence-electron chi connectivity index (χ4n) is 3.76. The maximum Gasteiger partial charge on any atom is 0.260 e. The number of hydrogen-bond donors (Lipinski definition) is 0. The van der Waals surface area contributed by atoms with E-state index in [1.54, 1.807) is 54.0 Å². The molecule has 1 aliphatic heterocycles. The minimum absolute atomic E-state index is 0.168. The predicted octanol–water partition coefficient (Wildman–Crippen LogP) is 4.77. The van der Waals surface area contributed by atoms with Crippen molar-refractivity contribution in [3.8, 4) is 0 Å². The molecule has 3 heterocycles. The highest BCUT2D eigenvalue weighted by atomic mass is 35.5. The number of amides is 1. The van der Waals surface area contributed by atoms with E-state index in [2.05, 4.69) is 14.9 Å². The van der Waals surface area contributed by atoms with Gasteiger partial charge in [-0.3, -0.25) is 24.6 Å². The van der Waals surface area contributed by atoms with Crippen molar-refractivity contribution in [3.63, 3.8) is 0 Å². The lowest BCUT2D eigenvalue weighted by atomic mass is 10.1. The molecule has 1 unspecified atom stereocenters. The first kappa shape index (κ1) is 21.7. The normalized spacial score (nSPS) is 15.5. The molecule has 1 aliphatic rings. The van der Waals surface area contributed by atoms with Crippen molar-refractivity contribution in [2.24, 2.45) is 0 Å². The number of aromatic nitrogens is 2. The topological polar surface area (TPSA) is 58.6 Å². The lowest BCUT2D eigenvalue weighted by Gasteiger charge is -2.41.